The summed E-state index contributed by atoms with van der Waals surface area (Å²) in [6, 6.07) is 10.6. The van der Waals surface area contributed by atoms with E-state index in [1.54, 1.807) is 11.7 Å². The topological polar surface area (TPSA) is 76.2 Å². The summed E-state index contributed by atoms with van der Waals surface area (Å²) in [5.41, 5.74) is 9.15. The Balaban J connectivity index is 1.62. The molecule has 0 radical (unpaired) electrons. The highest BCUT2D eigenvalue weighted by atomic mass is 16.2. The Morgan fingerprint density at radius 1 is 1.36 bits per heavy atom. The van der Waals surface area contributed by atoms with Crippen LogP contribution >= 0.6 is 0 Å². The molecule has 25 heavy (non-hydrogen) atoms. The number of hydrogen-bond acceptors (Lipinski definition) is 4. The van der Waals surface area contributed by atoms with E-state index in [1.165, 1.54) is 5.56 Å². The van der Waals surface area contributed by atoms with Crippen LogP contribution < -0.4 is 11.1 Å². The third-order valence-corrected chi connectivity index (χ3v) is 4.80. The summed E-state index contributed by atoms with van der Waals surface area (Å²) < 4.78 is 1.59. The van der Waals surface area contributed by atoms with Crippen LogP contribution in [0.25, 0.3) is 0 Å². The van der Waals surface area contributed by atoms with E-state index in [2.05, 4.69) is 39.6 Å². The van der Waals surface area contributed by atoms with Crippen molar-refractivity contribution in [2.24, 2.45) is 7.05 Å². The molecular formula is C19H27N5O. The largest absolute Gasteiger partial charge is 0.395 e. The second-order valence-corrected chi connectivity index (χ2v) is 6.72. The molecule has 1 aromatic carbocycles. The van der Waals surface area contributed by atoms with Gasteiger partial charge in [0, 0.05) is 26.2 Å². The summed E-state index contributed by atoms with van der Waals surface area (Å²) in [5, 5.41) is 7.48. The zero-order chi connectivity index (χ0) is 17.8. The number of nitrogens with one attached hydrogen (secondary N) is 1. The zero-order valence-corrected chi connectivity index (χ0v) is 15.0. The first kappa shape index (κ1) is 17.5. The van der Waals surface area contributed by atoms with E-state index in [9.17, 15) is 4.79 Å². The number of nitrogens with zero attached hydrogens (tertiary/aromatic N) is 3. The normalized spacial score (nSPS) is 18.2. The Bertz CT molecular complexity index is 725. The number of benzene rings is 1. The lowest BCUT2D eigenvalue weighted by molar-refractivity contribution is 0.0892. The molecule has 0 spiro atoms. The monoisotopic (exact) mass is 341 g/mol. The smallest absolute Gasteiger partial charge is 0.271 e. The molecule has 1 aliphatic heterocycles. The van der Waals surface area contributed by atoms with Crippen LogP contribution in [0.5, 0.6) is 0 Å². The highest BCUT2D eigenvalue weighted by Gasteiger charge is 2.25. The summed E-state index contributed by atoms with van der Waals surface area (Å²) in [6.45, 7) is 4.83. The maximum atomic E-state index is 12.7. The molecule has 1 atom stereocenters. The number of rotatable bonds is 5. The van der Waals surface area contributed by atoms with E-state index in [4.69, 9.17) is 5.73 Å². The first-order valence-electron chi connectivity index (χ1n) is 8.97. The van der Waals surface area contributed by atoms with Gasteiger partial charge in [0.15, 0.2) is 0 Å². The fraction of sp³-hybridized carbons (Fsp3) is 0.474. The Labute approximate surface area is 149 Å². The second-order valence-electron chi connectivity index (χ2n) is 6.72. The van der Waals surface area contributed by atoms with Gasteiger partial charge < -0.3 is 11.1 Å². The van der Waals surface area contributed by atoms with E-state index in [1.807, 2.05) is 13.0 Å². The summed E-state index contributed by atoms with van der Waals surface area (Å²) in [7, 11) is 1.77. The van der Waals surface area contributed by atoms with E-state index in [0.29, 0.717) is 11.4 Å². The minimum absolute atomic E-state index is 0.126. The van der Waals surface area contributed by atoms with Crippen molar-refractivity contribution in [1.82, 2.24) is 20.0 Å². The van der Waals surface area contributed by atoms with Gasteiger partial charge in [-0.1, -0.05) is 37.3 Å². The van der Waals surface area contributed by atoms with Gasteiger partial charge in [-0.15, -0.1) is 0 Å². The molecule has 0 saturated carbocycles. The number of anilines is 1. The number of aromatic nitrogens is 2. The van der Waals surface area contributed by atoms with Crippen LogP contribution in [0.15, 0.2) is 30.3 Å². The lowest BCUT2D eigenvalue weighted by atomic mass is 10.0. The molecule has 2 aromatic rings. The predicted octanol–water partition coefficient (Wildman–Crippen LogP) is 1.96. The Morgan fingerprint density at radius 2 is 2.12 bits per heavy atom. The number of likely N-dealkylation sites (tertiary alicyclic amines) is 1. The number of hydrogen-bond donors (Lipinski definition) is 2. The maximum absolute atomic E-state index is 12.7. The molecule has 1 fully saturated rings. The Hall–Kier alpha value is -2.34. The standard InChI is InChI=1S/C19H27N5O/c1-3-16-17(20)18(23(2)22-16)19(25)21-15-10-7-11-24(13-15)12-14-8-5-4-6-9-14/h4-6,8-9,15H,3,7,10-13,20H2,1-2H3,(H,21,25). The molecule has 1 saturated heterocycles. The molecule has 1 amide bonds. The number of carbonyl (C=O) groups is 1. The first-order chi connectivity index (χ1) is 12.1. The average molecular weight is 341 g/mol. The maximum Gasteiger partial charge on any atom is 0.271 e. The summed E-state index contributed by atoms with van der Waals surface area (Å²) in [5.74, 6) is -0.126. The Morgan fingerprint density at radius 3 is 2.80 bits per heavy atom. The fourth-order valence-corrected chi connectivity index (χ4v) is 3.54. The summed E-state index contributed by atoms with van der Waals surface area (Å²) in [4.78, 5) is 15.1. The molecular weight excluding hydrogens is 314 g/mol. The molecule has 6 nitrogen and oxygen atoms in total. The van der Waals surface area contributed by atoms with Crippen molar-refractivity contribution in [3.8, 4) is 0 Å². The summed E-state index contributed by atoms with van der Waals surface area (Å²) in [6.07, 6.45) is 2.80. The van der Waals surface area contributed by atoms with Crippen LogP contribution in [0.2, 0.25) is 0 Å². The Kier molecular flexibility index (Phi) is 5.38. The molecule has 0 aliphatic carbocycles. The van der Waals surface area contributed by atoms with Gasteiger partial charge in [0.05, 0.1) is 11.4 Å². The number of nitrogens with two attached hydrogens (primary N) is 1. The van der Waals surface area contributed by atoms with Crippen molar-refractivity contribution in [3.63, 3.8) is 0 Å². The highest BCUT2D eigenvalue weighted by Crippen LogP contribution is 2.18. The SMILES string of the molecule is CCc1nn(C)c(C(=O)NC2CCCN(Cc3ccccc3)C2)c1N. The molecule has 6 heteroatoms. The van der Waals surface area contributed by atoms with Crippen molar-refractivity contribution >= 4 is 11.6 Å². The van der Waals surface area contributed by atoms with Gasteiger partial charge in [-0.05, 0) is 31.4 Å². The van der Waals surface area contributed by atoms with Crippen molar-refractivity contribution in [3.05, 3.63) is 47.3 Å². The lowest BCUT2D eigenvalue weighted by Crippen LogP contribution is -2.47. The minimum Gasteiger partial charge on any atom is -0.395 e. The first-order valence-corrected chi connectivity index (χ1v) is 8.97. The quantitative estimate of drug-likeness (QED) is 0.872. The van der Waals surface area contributed by atoms with E-state index < -0.39 is 0 Å². The van der Waals surface area contributed by atoms with Crippen LogP contribution in [0, 0.1) is 0 Å². The van der Waals surface area contributed by atoms with E-state index >= 15 is 0 Å². The zero-order valence-electron chi connectivity index (χ0n) is 15.0. The summed E-state index contributed by atoms with van der Waals surface area (Å²) >= 11 is 0. The lowest BCUT2D eigenvalue weighted by Gasteiger charge is -2.33. The van der Waals surface area contributed by atoms with Crippen LogP contribution in [-0.2, 0) is 20.0 Å². The molecule has 134 valence electrons. The molecule has 0 bridgehead atoms. The fourth-order valence-electron chi connectivity index (χ4n) is 3.54. The van der Waals surface area contributed by atoms with E-state index in [0.717, 1.165) is 44.6 Å². The third-order valence-electron chi connectivity index (χ3n) is 4.80. The average Bonchev–Trinajstić information content (AvgIpc) is 2.90. The van der Waals surface area contributed by atoms with Crippen LogP contribution in [-0.4, -0.2) is 39.7 Å². The number of nitrogen functional groups attached to an aromatic ring is 1. The van der Waals surface area contributed by atoms with Gasteiger partial charge >= 0.3 is 0 Å². The number of aryl methyl sites for hydroxylation is 2. The van der Waals surface area contributed by atoms with Gasteiger partial charge in [0.25, 0.3) is 5.91 Å². The predicted molar refractivity (Wildman–Crippen MR) is 99.2 cm³/mol. The molecule has 3 rings (SSSR count). The minimum atomic E-state index is -0.126. The number of carbonyl (C=O) groups excluding carboxylic acids is 1. The van der Waals surface area contributed by atoms with Crippen molar-refractivity contribution in [2.45, 2.75) is 38.8 Å². The molecule has 1 unspecified atom stereocenters. The second kappa shape index (κ2) is 7.70. The van der Waals surface area contributed by atoms with Gasteiger partial charge in [-0.3, -0.25) is 14.4 Å². The van der Waals surface area contributed by atoms with Gasteiger partial charge in [0.2, 0.25) is 0 Å². The van der Waals surface area contributed by atoms with Crippen LogP contribution in [0.4, 0.5) is 5.69 Å². The number of amides is 1. The third kappa shape index (κ3) is 4.02. The molecule has 2 heterocycles. The van der Waals surface area contributed by atoms with Gasteiger partial charge in [0.1, 0.15) is 5.69 Å². The number of piperidine rings is 1. The van der Waals surface area contributed by atoms with Crippen molar-refractivity contribution < 1.29 is 4.79 Å². The molecule has 3 N–H and O–H groups in total. The van der Waals surface area contributed by atoms with Crippen molar-refractivity contribution in [2.75, 3.05) is 18.8 Å². The molecule has 1 aromatic heterocycles. The van der Waals surface area contributed by atoms with Crippen LogP contribution in [0.1, 0.15) is 41.5 Å². The molecule has 1 aliphatic rings. The van der Waals surface area contributed by atoms with E-state index in [-0.39, 0.29) is 11.9 Å². The highest BCUT2D eigenvalue weighted by molar-refractivity contribution is 5.98. The van der Waals surface area contributed by atoms with Crippen LogP contribution in [0.3, 0.4) is 0 Å². The van der Waals surface area contributed by atoms with Crippen molar-refractivity contribution in [1.29, 1.82) is 0 Å². The van der Waals surface area contributed by atoms with Gasteiger partial charge in [-0.25, -0.2) is 0 Å². The van der Waals surface area contributed by atoms with Gasteiger partial charge in [-0.2, -0.15) is 5.10 Å².